The number of H-pyrrole nitrogens is 3. The number of aromatic nitrogens is 4. The van der Waals surface area contributed by atoms with Crippen molar-refractivity contribution in [1.82, 2.24) is 19.6 Å². The Bertz CT molecular complexity index is 1380. The van der Waals surface area contributed by atoms with Gasteiger partial charge in [-0.25, -0.2) is 22.8 Å². The molecule has 154 valence electrons. The highest BCUT2D eigenvalue weighted by Crippen LogP contribution is 2.27. The fraction of sp³-hybridized carbons (Fsp3) is 0.214. The quantitative estimate of drug-likeness (QED) is 0.228. The van der Waals surface area contributed by atoms with Gasteiger partial charge in [0.25, 0.3) is 11.2 Å². The molecule has 0 bridgehead atoms. The van der Waals surface area contributed by atoms with Gasteiger partial charge in [-0.3, -0.25) is 14.9 Å². The monoisotopic (exact) mass is 425 g/mol. The van der Waals surface area contributed by atoms with Crippen molar-refractivity contribution in [3.05, 3.63) is 65.5 Å². The third-order valence-electron chi connectivity index (χ3n) is 3.83. The number of imidazole rings is 1. The van der Waals surface area contributed by atoms with Crippen molar-refractivity contribution in [2.75, 3.05) is 22.9 Å². The van der Waals surface area contributed by atoms with Crippen LogP contribution in [0.1, 0.15) is 5.69 Å². The first-order valence-corrected chi connectivity index (χ1v) is 9.90. The number of sulfonamides is 1. The van der Waals surface area contributed by atoms with Crippen molar-refractivity contribution < 1.29 is 13.3 Å². The van der Waals surface area contributed by atoms with Gasteiger partial charge in [0, 0.05) is 30.9 Å². The number of aromatic amines is 3. The van der Waals surface area contributed by atoms with Crippen molar-refractivity contribution in [1.29, 1.82) is 0 Å². The largest absolute Gasteiger partial charge is 0.379 e. The van der Waals surface area contributed by atoms with E-state index in [0.29, 0.717) is 12.1 Å². The Balaban J connectivity index is 2.04. The first kappa shape index (κ1) is 19.9. The molecule has 1 aromatic carbocycles. The molecule has 0 saturated heterocycles. The van der Waals surface area contributed by atoms with Gasteiger partial charge in [-0.2, -0.15) is 4.68 Å². The predicted octanol–water partition coefficient (Wildman–Crippen LogP) is -1.23. The fourth-order valence-electron chi connectivity index (χ4n) is 2.63. The number of benzene rings is 1. The molecule has 14 nitrogen and oxygen atoms in total. The van der Waals surface area contributed by atoms with Crippen molar-refractivity contribution in [3.8, 4) is 0 Å². The Kier molecular flexibility index (Phi) is 4.98. The topological polar surface area (TPSA) is 205 Å². The molecule has 29 heavy (non-hydrogen) atoms. The predicted molar refractivity (Wildman–Crippen MR) is 103 cm³/mol. The number of nitro groups is 1. The third-order valence-corrected chi connectivity index (χ3v) is 4.34. The second kappa shape index (κ2) is 7.27. The molecule has 0 aliphatic rings. The van der Waals surface area contributed by atoms with Crippen LogP contribution in [-0.4, -0.2) is 45.8 Å². The SMILES string of the molecule is CS(=O)(=O)Nn1c(=O)[nH]c2cc([N+](=O)[O-])c(NCCc3c[nH]c(=O)[nH]3)cc2c1=O. The Morgan fingerprint density at radius 2 is 1.93 bits per heavy atom. The second-order valence-corrected chi connectivity index (χ2v) is 7.78. The lowest BCUT2D eigenvalue weighted by molar-refractivity contribution is -0.383. The van der Waals surface area contributed by atoms with E-state index in [1.807, 2.05) is 0 Å². The van der Waals surface area contributed by atoms with Crippen LogP contribution < -0.4 is 27.1 Å². The Hall–Kier alpha value is -3.88. The van der Waals surface area contributed by atoms with Gasteiger partial charge in [0.2, 0.25) is 10.0 Å². The van der Waals surface area contributed by atoms with E-state index < -0.39 is 31.9 Å². The van der Waals surface area contributed by atoms with Crippen LogP contribution in [0.3, 0.4) is 0 Å². The van der Waals surface area contributed by atoms with E-state index in [1.165, 1.54) is 6.20 Å². The van der Waals surface area contributed by atoms with E-state index in [2.05, 4.69) is 20.3 Å². The summed E-state index contributed by atoms with van der Waals surface area (Å²) >= 11 is 0. The van der Waals surface area contributed by atoms with Gasteiger partial charge < -0.3 is 20.3 Å². The molecule has 0 aliphatic carbocycles. The van der Waals surface area contributed by atoms with E-state index in [4.69, 9.17) is 0 Å². The van der Waals surface area contributed by atoms with Crippen molar-refractivity contribution in [2.45, 2.75) is 6.42 Å². The van der Waals surface area contributed by atoms with Crippen LogP contribution in [0.15, 0.2) is 32.7 Å². The lowest BCUT2D eigenvalue weighted by atomic mass is 10.2. The first-order chi connectivity index (χ1) is 13.5. The molecule has 0 fully saturated rings. The normalized spacial score (nSPS) is 11.5. The molecule has 0 radical (unpaired) electrons. The zero-order chi connectivity index (χ0) is 21.3. The van der Waals surface area contributed by atoms with E-state index in [-0.39, 0.29) is 33.5 Å². The van der Waals surface area contributed by atoms with Gasteiger partial charge >= 0.3 is 11.4 Å². The van der Waals surface area contributed by atoms with E-state index in [9.17, 15) is 32.9 Å². The van der Waals surface area contributed by atoms with E-state index >= 15 is 0 Å². The molecule has 0 amide bonds. The molecule has 2 aromatic heterocycles. The van der Waals surface area contributed by atoms with Gasteiger partial charge in [-0.15, -0.1) is 0 Å². The lowest BCUT2D eigenvalue weighted by Crippen LogP contribution is -2.43. The van der Waals surface area contributed by atoms with Crippen molar-refractivity contribution >= 4 is 32.3 Å². The average molecular weight is 425 g/mol. The number of hydrogen-bond acceptors (Lipinski definition) is 8. The van der Waals surface area contributed by atoms with Crippen LogP contribution in [0.25, 0.3) is 10.9 Å². The van der Waals surface area contributed by atoms with Crippen LogP contribution in [0.2, 0.25) is 0 Å². The number of nitrogens with one attached hydrogen (secondary N) is 5. The number of anilines is 1. The fourth-order valence-corrected chi connectivity index (χ4v) is 3.13. The highest BCUT2D eigenvalue weighted by atomic mass is 32.2. The maximum atomic E-state index is 12.5. The standard InChI is InChI=1S/C14H15N7O7S/c1-29(27,28)19-20-12(22)8-4-10(15-3-2-7-6-16-13(23)17-7)11(21(25)26)5-9(8)18-14(20)24/h4-6,15,19H,2-3H2,1H3,(H,18,24)(H2,16,17,23). The Morgan fingerprint density at radius 3 is 2.52 bits per heavy atom. The molecule has 0 aliphatic heterocycles. The summed E-state index contributed by atoms with van der Waals surface area (Å²) in [4.78, 5) is 55.2. The maximum Gasteiger partial charge on any atom is 0.348 e. The lowest BCUT2D eigenvalue weighted by Gasteiger charge is -2.10. The molecule has 3 rings (SSSR count). The Morgan fingerprint density at radius 1 is 1.21 bits per heavy atom. The van der Waals surface area contributed by atoms with E-state index in [0.717, 1.165) is 18.4 Å². The minimum absolute atomic E-state index is 0.0181. The number of nitro benzene ring substituents is 1. The van der Waals surface area contributed by atoms with Gasteiger partial charge in [-0.1, -0.05) is 0 Å². The van der Waals surface area contributed by atoms with Crippen LogP contribution >= 0.6 is 0 Å². The smallest absolute Gasteiger partial charge is 0.348 e. The summed E-state index contributed by atoms with van der Waals surface area (Å²) in [6, 6.07) is 2.15. The van der Waals surface area contributed by atoms with Gasteiger partial charge in [-0.05, 0) is 6.07 Å². The molecule has 2 heterocycles. The first-order valence-electron chi connectivity index (χ1n) is 8.01. The number of fused-ring (bicyclic) bond motifs is 1. The number of nitrogens with zero attached hydrogens (tertiary/aromatic N) is 2. The average Bonchev–Trinajstić information content (AvgIpc) is 3.03. The summed E-state index contributed by atoms with van der Waals surface area (Å²) in [5, 5.41) is 14.0. The summed E-state index contributed by atoms with van der Waals surface area (Å²) in [5.74, 6) is 0. The molecular weight excluding hydrogens is 410 g/mol. The minimum Gasteiger partial charge on any atom is -0.379 e. The van der Waals surface area contributed by atoms with Gasteiger partial charge in [0.15, 0.2) is 0 Å². The van der Waals surface area contributed by atoms with Crippen molar-refractivity contribution in [3.63, 3.8) is 0 Å². The van der Waals surface area contributed by atoms with Gasteiger partial charge in [0.05, 0.1) is 22.1 Å². The molecule has 15 heteroatoms. The zero-order valence-electron chi connectivity index (χ0n) is 14.8. The summed E-state index contributed by atoms with van der Waals surface area (Å²) in [6.07, 6.45) is 2.54. The summed E-state index contributed by atoms with van der Waals surface area (Å²) in [5.41, 5.74) is -2.46. The molecule has 3 aromatic rings. The molecular formula is C14H15N7O7S. The highest BCUT2D eigenvalue weighted by Gasteiger charge is 2.19. The summed E-state index contributed by atoms with van der Waals surface area (Å²) in [6.45, 7) is 0.180. The number of hydrogen-bond donors (Lipinski definition) is 5. The van der Waals surface area contributed by atoms with E-state index in [1.54, 1.807) is 4.83 Å². The Labute approximate surface area is 160 Å². The molecule has 0 unspecified atom stereocenters. The molecule has 0 atom stereocenters. The second-order valence-electron chi connectivity index (χ2n) is 6.05. The maximum absolute atomic E-state index is 12.5. The minimum atomic E-state index is -3.93. The summed E-state index contributed by atoms with van der Waals surface area (Å²) < 4.78 is 23.0. The third kappa shape index (κ3) is 4.34. The van der Waals surface area contributed by atoms with Crippen molar-refractivity contribution in [2.24, 2.45) is 0 Å². The van der Waals surface area contributed by atoms with Gasteiger partial charge in [0.1, 0.15) is 5.69 Å². The van der Waals surface area contributed by atoms with Crippen LogP contribution in [0.5, 0.6) is 0 Å². The zero-order valence-corrected chi connectivity index (χ0v) is 15.6. The molecule has 5 N–H and O–H groups in total. The van der Waals surface area contributed by atoms with Crippen LogP contribution in [-0.2, 0) is 16.4 Å². The molecule has 0 spiro atoms. The molecule has 0 saturated carbocycles. The van der Waals surface area contributed by atoms with Crippen LogP contribution in [0, 0.1) is 10.1 Å². The highest BCUT2D eigenvalue weighted by molar-refractivity contribution is 7.91. The summed E-state index contributed by atoms with van der Waals surface area (Å²) in [7, 11) is -3.93. The van der Waals surface area contributed by atoms with Crippen LogP contribution in [0.4, 0.5) is 11.4 Å². The number of rotatable bonds is 7.